The van der Waals surface area contributed by atoms with Gasteiger partial charge in [0.15, 0.2) is 15.0 Å². The summed E-state index contributed by atoms with van der Waals surface area (Å²) in [6.07, 6.45) is 5.99. The summed E-state index contributed by atoms with van der Waals surface area (Å²) < 4.78 is 33.3. The zero-order valence-electron chi connectivity index (χ0n) is 19.0. The maximum atomic E-state index is 13.6. The number of rotatable bonds is 10. The molecule has 0 atom stereocenters. The van der Waals surface area contributed by atoms with E-state index in [0.717, 1.165) is 4.70 Å². The molecule has 0 unspecified atom stereocenters. The van der Waals surface area contributed by atoms with Crippen LogP contribution in [0.3, 0.4) is 0 Å². The van der Waals surface area contributed by atoms with Crippen molar-refractivity contribution in [2.24, 2.45) is 0 Å². The van der Waals surface area contributed by atoms with Gasteiger partial charge in [-0.2, -0.15) is 0 Å². The predicted molar refractivity (Wildman–Crippen MR) is 133 cm³/mol. The number of benzene rings is 2. The lowest BCUT2D eigenvalue weighted by Gasteiger charge is -2.20. The van der Waals surface area contributed by atoms with E-state index in [2.05, 4.69) is 4.98 Å². The molecule has 0 radical (unpaired) electrons. The second-order valence-electron chi connectivity index (χ2n) is 7.57. The normalized spacial score (nSPS) is 11.6. The topological polar surface area (TPSA) is 94.4 Å². The molecule has 0 fully saturated rings. The van der Waals surface area contributed by atoms with Crippen LogP contribution in [-0.4, -0.2) is 47.8 Å². The van der Waals surface area contributed by atoms with Crippen LogP contribution in [0, 0.1) is 0 Å². The third-order valence-corrected chi connectivity index (χ3v) is 8.10. The molecule has 10 heteroatoms. The van der Waals surface area contributed by atoms with Crippen molar-refractivity contribution >= 4 is 42.4 Å². The third kappa shape index (κ3) is 5.13. The number of hydrogen-bond donors (Lipinski definition) is 0. The predicted octanol–water partition coefficient (Wildman–Crippen LogP) is 4.42. The number of thiazole rings is 1. The standard InChI is InChI=1S/C24H26N4O4S2/c1-3-32-20-10-6-11-21-22(20)26-24(33-21)28(14-7-13-27-15-12-25-17-27)23(29)18-8-5-9-19(16-18)34(30,31)4-2/h5-6,8-12,15-17H,3-4,7,13-14H2,1-2H3. The van der Waals surface area contributed by atoms with Gasteiger partial charge in [0.1, 0.15) is 11.3 Å². The van der Waals surface area contributed by atoms with E-state index in [-0.39, 0.29) is 16.6 Å². The van der Waals surface area contributed by atoms with Gasteiger partial charge >= 0.3 is 0 Å². The molecule has 2 aromatic carbocycles. The number of aryl methyl sites for hydroxylation is 1. The fraction of sp³-hybridized carbons (Fsp3) is 0.292. The van der Waals surface area contributed by atoms with E-state index in [1.807, 2.05) is 35.9 Å². The van der Waals surface area contributed by atoms with Gasteiger partial charge in [-0.1, -0.05) is 30.4 Å². The van der Waals surface area contributed by atoms with E-state index in [1.54, 1.807) is 36.5 Å². The van der Waals surface area contributed by atoms with Gasteiger partial charge in [0.05, 0.1) is 28.3 Å². The minimum absolute atomic E-state index is 0.0304. The summed E-state index contributed by atoms with van der Waals surface area (Å²) in [5.41, 5.74) is 1.01. The van der Waals surface area contributed by atoms with Crippen LogP contribution in [0.25, 0.3) is 10.2 Å². The molecule has 0 bridgehead atoms. The van der Waals surface area contributed by atoms with Crippen molar-refractivity contribution < 1.29 is 17.9 Å². The molecule has 0 aliphatic rings. The molecule has 34 heavy (non-hydrogen) atoms. The quantitative estimate of drug-likeness (QED) is 0.321. The number of ether oxygens (including phenoxy) is 1. The van der Waals surface area contributed by atoms with Gasteiger partial charge in [0.2, 0.25) is 0 Å². The van der Waals surface area contributed by atoms with Crippen molar-refractivity contribution in [3.8, 4) is 5.75 Å². The summed E-state index contributed by atoms with van der Waals surface area (Å²) in [6.45, 7) is 5.10. The Bertz CT molecular complexity index is 1380. The minimum atomic E-state index is -3.43. The van der Waals surface area contributed by atoms with Gasteiger partial charge in [0, 0.05) is 31.0 Å². The number of hydrogen-bond acceptors (Lipinski definition) is 7. The Balaban J connectivity index is 1.69. The highest BCUT2D eigenvalue weighted by Gasteiger charge is 2.23. The number of imidazole rings is 1. The van der Waals surface area contributed by atoms with E-state index in [0.29, 0.717) is 48.1 Å². The van der Waals surface area contributed by atoms with Crippen molar-refractivity contribution in [3.63, 3.8) is 0 Å². The maximum absolute atomic E-state index is 13.6. The third-order valence-electron chi connectivity index (χ3n) is 5.32. The van der Waals surface area contributed by atoms with E-state index < -0.39 is 9.84 Å². The number of anilines is 1. The molecule has 0 saturated carbocycles. The number of nitrogens with zero attached hydrogens (tertiary/aromatic N) is 4. The van der Waals surface area contributed by atoms with Crippen molar-refractivity contribution in [2.75, 3.05) is 23.8 Å². The Morgan fingerprint density at radius 1 is 1.18 bits per heavy atom. The van der Waals surface area contributed by atoms with Crippen LogP contribution in [0.4, 0.5) is 5.13 Å². The first kappa shape index (κ1) is 23.9. The van der Waals surface area contributed by atoms with Crippen LogP contribution < -0.4 is 9.64 Å². The van der Waals surface area contributed by atoms with E-state index in [1.165, 1.54) is 23.5 Å². The number of aromatic nitrogens is 3. The monoisotopic (exact) mass is 498 g/mol. The molecule has 0 spiro atoms. The zero-order valence-corrected chi connectivity index (χ0v) is 20.7. The first-order valence-electron chi connectivity index (χ1n) is 11.1. The number of amides is 1. The smallest absolute Gasteiger partial charge is 0.260 e. The first-order valence-corrected chi connectivity index (χ1v) is 13.5. The molecule has 178 valence electrons. The van der Waals surface area contributed by atoms with Crippen LogP contribution in [0.15, 0.2) is 66.1 Å². The lowest BCUT2D eigenvalue weighted by atomic mass is 10.2. The first-order chi connectivity index (χ1) is 16.4. The molecule has 0 aliphatic carbocycles. The molecular weight excluding hydrogens is 472 g/mol. The van der Waals surface area contributed by atoms with Crippen LogP contribution >= 0.6 is 11.3 Å². The maximum Gasteiger partial charge on any atom is 0.260 e. The molecule has 0 aliphatic heterocycles. The highest BCUT2D eigenvalue weighted by atomic mass is 32.2. The summed E-state index contributed by atoms with van der Waals surface area (Å²) in [5, 5.41) is 0.543. The van der Waals surface area contributed by atoms with Gasteiger partial charge in [-0.15, -0.1) is 0 Å². The Morgan fingerprint density at radius 3 is 2.74 bits per heavy atom. The molecular formula is C24H26N4O4S2. The van der Waals surface area contributed by atoms with Crippen molar-refractivity contribution in [1.82, 2.24) is 14.5 Å². The van der Waals surface area contributed by atoms with Crippen LogP contribution in [0.1, 0.15) is 30.6 Å². The number of carbonyl (C=O) groups is 1. The van der Waals surface area contributed by atoms with Crippen LogP contribution in [0.5, 0.6) is 5.75 Å². The van der Waals surface area contributed by atoms with Crippen LogP contribution in [-0.2, 0) is 16.4 Å². The lowest BCUT2D eigenvalue weighted by molar-refractivity contribution is 0.0986. The second-order valence-corrected chi connectivity index (χ2v) is 10.9. The average Bonchev–Trinajstić information content (AvgIpc) is 3.52. The van der Waals surface area contributed by atoms with E-state index >= 15 is 0 Å². The average molecular weight is 499 g/mol. The number of fused-ring (bicyclic) bond motifs is 1. The van der Waals surface area contributed by atoms with Gasteiger partial charge in [0.25, 0.3) is 5.91 Å². The fourth-order valence-corrected chi connectivity index (χ4v) is 5.49. The Labute approximate surface area is 202 Å². The Kier molecular flexibility index (Phi) is 7.28. The molecule has 0 N–H and O–H groups in total. The molecule has 4 aromatic rings. The SMILES string of the molecule is CCOc1cccc2sc(N(CCCn3ccnc3)C(=O)c3cccc(S(=O)(=O)CC)c3)nc12. The number of para-hydroxylation sites is 1. The number of carbonyl (C=O) groups excluding carboxylic acids is 1. The highest BCUT2D eigenvalue weighted by Crippen LogP contribution is 2.35. The fourth-order valence-electron chi connectivity index (χ4n) is 3.56. The molecule has 1 amide bonds. The molecule has 2 aromatic heterocycles. The van der Waals surface area contributed by atoms with E-state index in [4.69, 9.17) is 9.72 Å². The lowest BCUT2D eigenvalue weighted by Crippen LogP contribution is -2.32. The number of sulfone groups is 1. The molecule has 2 heterocycles. The Hall–Kier alpha value is -3.24. The van der Waals surface area contributed by atoms with Gasteiger partial charge in [-0.25, -0.2) is 18.4 Å². The van der Waals surface area contributed by atoms with Crippen molar-refractivity contribution in [2.45, 2.75) is 31.7 Å². The van der Waals surface area contributed by atoms with Crippen LogP contribution in [0.2, 0.25) is 0 Å². The van der Waals surface area contributed by atoms with Crippen molar-refractivity contribution in [3.05, 3.63) is 66.7 Å². The second kappa shape index (κ2) is 10.4. The molecule has 4 rings (SSSR count). The summed E-state index contributed by atoms with van der Waals surface area (Å²) in [5.74, 6) is 0.345. The summed E-state index contributed by atoms with van der Waals surface area (Å²) in [4.78, 5) is 24.2. The Morgan fingerprint density at radius 2 is 2.00 bits per heavy atom. The minimum Gasteiger partial charge on any atom is -0.492 e. The largest absolute Gasteiger partial charge is 0.492 e. The zero-order chi connectivity index (χ0) is 24.1. The van der Waals surface area contributed by atoms with Crippen molar-refractivity contribution in [1.29, 1.82) is 0 Å². The molecule has 0 saturated heterocycles. The van der Waals surface area contributed by atoms with Gasteiger partial charge < -0.3 is 9.30 Å². The molecule has 8 nitrogen and oxygen atoms in total. The van der Waals surface area contributed by atoms with E-state index in [9.17, 15) is 13.2 Å². The van der Waals surface area contributed by atoms with Gasteiger partial charge in [-0.3, -0.25) is 9.69 Å². The summed E-state index contributed by atoms with van der Waals surface area (Å²) >= 11 is 1.41. The summed E-state index contributed by atoms with van der Waals surface area (Å²) in [7, 11) is -3.43. The van der Waals surface area contributed by atoms with Gasteiger partial charge in [-0.05, 0) is 43.7 Å². The summed E-state index contributed by atoms with van der Waals surface area (Å²) in [6, 6.07) is 11.9. The highest BCUT2D eigenvalue weighted by molar-refractivity contribution is 7.91.